The van der Waals surface area contributed by atoms with Gasteiger partial charge < -0.3 is 10.1 Å². The number of amides is 1. The van der Waals surface area contributed by atoms with E-state index < -0.39 is 5.41 Å². The van der Waals surface area contributed by atoms with E-state index in [1.807, 2.05) is 57.2 Å². The van der Waals surface area contributed by atoms with E-state index in [1.165, 1.54) is 6.42 Å². The molecule has 27 heavy (non-hydrogen) atoms. The van der Waals surface area contributed by atoms with E-state index in [2.05, 4.69) is 5.32 Å². The molecule has 3 nitrogen and oxygen atoms in total. The van der Waals surface area contributed by atoms with Crippen molar-refractivity contribution < 1.29 is 9.53 Å². The van der Waals surface area contributed by atoms with Crippen molar-refractivity contribution in [1.82, 2.24) is 0 Å². The van der Waals surface area contributed by atoms with Crippen LogP contribution in [0.1, 0.15) is 55.7 Å². The van der Waals surface area contributed by atoms with Crippen LogP contribution in [0.25, 0.3) is 0 Å². The van der Waals surface area contributed by atoms with Crippen LogP contribution in [0.2, 0.25) is 5.02 Å². The Labute approximate surface area is 167 Å². The molecular weight excluding hydrogens is 358 g/mol. The number of ether oxygens (including phenoxy) is 1. The first-order valence-corrected chi connectivity index (χ1v) is 10.2. The summed E-state index contributed by atoms with van der Waals surface area (Å²) in [5.41, 5.74) is 3.26. The van der Waals surface area contributed by atoms with Gasteiger partial charge in [-0.15, -0.1) is 0 Å². The van der Waals surface area contributed by atoms with E-state index in [0.717, 1.165) is 53.8 Å². The highest BCUT2D eigenvalue weighted by atomic mass is 35.5. The number of hydrogen-bond donors (Lipinski definition) is 1. The minimum atomic E-state index is -0.559. The van der Waals surface area contributed by atoms with Gasteiger partial charge in [-0.05, 0) is 68.5 Å². The van der Waals surface area contributed by atoms with Crippen molar-refractivity contribution in [3.8, 4) is 5.75 Å². The monoisotopic (exact) mass is 385 g/mol. The molecule has 144 valence electrons. The fraction of sp³-hybridized carbons (Fsp3) is 0.435. The maximum absolute atomic E-state index is 13.5. The molecule has 1 saturated carbocycles. The van der Waals surface area contributed by atoms with Crippen LogP contribution >= 0.6 is 11.6 Å². The number of anilines is 1. The molecule has 0 bridgehead atoms. The third-order valence-corrected chi connectivity index (χ3v) is 5.87. The first kappa shape index (κ1) is 19.8. The fourth-order valence-corrected chi connectivity index (χ4v) is 4.59. The molecule has 0 saturated heterocycles. The molecule has 3 rings (SSSR count). The molecule has 0 radical (unpaired) electrons. The highest BCUT2D eigenvalue weighted by molar-refractivity contribution is 6.31. The summed E-state index contributed by atoms with van der Waals surface area (Å²) in [6.07, 6.45) is 4.91. The molecule has 1 aliphatic rings. The van der Waals surface area contributed by atoms with Crippen molar-refractivity contribution in [2.24, 2.45) is 0 Å². The topological polar surface area (TPSA) is 38.3 Å². The average molecular weight is 386 g/mol. The van der Waals surface area contributed by atoms with Crippen LogP contribution in [-0.2, 0) is 10.2 Å². The van der Waals surface area contributed by atoms with E-state index in [1.54, 1.807) is 0 Å². The number of benzene rings is 2. The molecule has 1 aliphatic carbocycles. The SMILES string of the molecule is CCOc1c(C)cc(NC(=O)C2(c3ccccc3Cl)CCCCC2)cc1C. The van der Waals surface area contributed by atoms with Gasteiger partial charge in [0.25, 0.3) is 0 Å². The highest BCUT2D eigenvalue weighted by Crippen LogP contribution is 2.43. The van der Waals surface area contributed by atoms with Crippen molar-refractivity contribution in [2.45, 2.75) is 58.3 Å². The summed E-state index contributed by atoms with van der Waals surface area (Å²) in [6.45, 7) is 6.63. The Morgan fingerprint density at radius 1 is 1.11 bits per heavy atom. The van der Waals surface area contributed by atoms with Crippen LogP contribution in [0, 0.1) is 13.8 Å². The molecule has 2 aromatic carbocycles. The lowest BCUT2D eigenvalue weighted by Gasteiger charge is -2.37. The third-order valence-electron chi connectivity index (χ3n) is 5.54. The minimum absolute atomic E-state index is 0.0401. The Morgan fingerprint density at radius 2 is 1.74 bits per heavy atom. The van der Waals surface area contributed by atoms with Gasteiger partial charge in [0.15, 0.2) is 0 Å². The molecule has 1 amide bonds. The van der Waals surface area contributed by atoms with Gasteiger partial charge in [0.05, 0.1) is 12.0 Å². The lowest BCUT2D eigenvalue weighted by atomic mass is 9.68. The Hall–Kier alpha value is -2.00. The zero-order chi connectivity index (χ0) is 19.4. The lowest BCUT2D eigenvalue weighted by Crippen LogP contribution is -2.42. The Bertz CT molecular complexity index is 802. The van der Waals surface area contributed by atoms with Gasteiger partial charge in [0, 0.05) is 10.7 Å². The normalized spacial score (nSPS) is 16.0. The average Bonchev–Trinajstić information content (AvgIpc) is 2.65. The van der Waals surface area contributed by atoms with Crippen LogP contribution in [0.3, 0.4) is 0 Å². The molecular formula is C23H28ClNO2. The third kappa shape index (κ3) is 3.98. The second-order valence-corrected chi connectivity index (χ2v) is 7.86. The molecule has 2 aromatic rings. The molecule has 0 heterocycles. The van der Waals surface area contributed by atoms with Crippen LogP contribution in [0.4, 0.5) is 5.69 Å². The predicted octanol–water partition coefficient (Wildman–Crippen LogP) is 6.20. The van der Waals surface area contributed by atoms with Gasteiger partial charge in [0.2, 0.25) is 5.91 Å². The zero-order valence-electron chi connectivity index (χ0n) is 16.4. The summed E-state index contributed by atoms with van der Waals surface area (Å²) < 4.78 is 5.72. The van der Waals surface area contributed by atoms with Crippen molar-refractivity contribution >= 4 is 23.2 Å². The van der Waals surface area contributed by atoms with E-state index in [-0.39, 0.29) is 5.91 Å². The molecule has 1 N–H and O–H groups in total. The first-order valence-electron chi connectivity index (χ1n) is 9.78. The smallest absolute Gasteiger partial charge is 0.235 e. The number of halogens is 1. The molecule has 0 aliphatic heterocycles. The Morgan fingerprint density at radius 3 is 2.33 bits per heavy atom. The quantitative estimate of drug-likeness (QED) is 0.665. The van der Waals surface area contributed by atoms with Crippen molar-refractivity contribution in [2.75, 3.05) is 11.9 Å². The van der Waals surface area contributed by atoms with E-state index in [4.69, 9.17) is 16.3 Å². The second-order valence-electron chi connectivity index (χ2n) is 7.45. The molecule has 1 fully saturated rings. The molecule has 0 unspecified atom stereocenters. The molecule has 4 heteroatoms. The summed E-state index contributed by atoms with van der Waals surface area (Å²) in [5.74, 6) is 0.937. The number of aryl methyl sites for hydroxylation is 2. The lowest BCUT2D eigenvalue weighted by molar-refractivity contribution is -0.122. The largest absolute Gasteiger partial charge is 0.493 e. The van der Waals surface area contributed by atoms with E-state index in [0.29, 0.717) is 11.6 Å². The zero-order valence-corrected chi connectivity index (χ0v) is 17.2. The summed E-state index contributed by atoms with van der Waals surface area (Å²) in [6, 6.07) is 11.7. The van der Waals surface area contributed by atoms with Crippen LogP contribution in [0.5, 0.6) is 5.75 Å². The van der Waals surface area contributed by atoms with E-state index >= 15 is 0 Å². The Kier molecular flexibility index (Phi) is 6.11. The van der Waals surface area contributed by atoms with Gasteiger partial charge in [-0.1, -0.05) is 49.1 Å². The number of carbonyl (C=O) groups excluding carboxylic acids is 1. The minimum Gasteiger partial charge on any atom is -0.493 e. The second kappa shape index (κ2) is 8.35. The number of hydrogen-bond acceptors (Lipinski definition) is 2. The molecule has 0 spiro atoms. The van der Waals surface area contributed by atoms with Gasteiger partial charge in [-0.25, -0.2) is 0 Å². The summed E-state index contributed by atoms with van der Waals surface area (Å²) >= 11 is 6.50. The molecule has 0 aromatic heterocycles. The maximum atomic E-state index is 13.5. The fourth-order valence-electron chi connectivity index (χ4n) is 4.27. The van der Waals surface area contributed by atoms with Crippen molar-refractivity contribution in [3.05, 3.63) is 58.1 Å². The number of rotatable bonds is 5. The molecule has 0 atom stereocenters. The predicted molar refractivity (Wildman–Crippen MR) is 112 cm³/mol. The van der Waals surface area contributed by atoms with Gasteiger partial charge in [-0.3, -0.25) is 4.79 Å². The van der Waals surface area contributed by atoms with Gasteiger partial charge >= 0.3 is 0 Å². The van der Waals surface area contributed by atoms with Crippen LogP contribution in [-0.4, -0.2) is 12.5 Å². The first-order chi connectivity index (χ1) is 13.0. The van der Waals surface area contributed by atoms with Crippen LogP contribution < -0.4 is 10.1 Å². The summed E-state index contributed by atoms with van der Waals surface area (Å²) in [7, 11) is 0. The summed E-state index contributed by atoms with van der Waals surface area (Å²) in [5, 5.41) is 3.85. The standard InChI is InChI=1S/C23H28ClNO2/c1-4-27-21-16(2)14-18(15-17(21)3)25-22(26)23(12-8-5-9-13-23)19-10-6-7-11-20(19)24/h6-7,10-11,14-15H,4-5,8-9,12-13H2,1-3H3,(H,25,26). The van der Waals surface area contributed by atoms with Gasteiger partial charge in [0.1, 0.15) is 5.75 Å². The maximum Gasteiger partial charge on any atom is 0.235 e. The van der Waals surface area contributed by atoms with Crippen molar-refractivity contribution in [1.29, 1.82) is 0 Å². The van der Waals surface area contributed by atoms with E-state index in [9.17, 15) is 4.79 Å². The summed E-state index contributed by atoms with van der Waals surface area (Å²) in [4.78, 5) is 13.5. The van der Waals surface area contributed by atoms with Crippen LogP contribution in [0.15, 0.2) is 36.4 Å². The van der Waals surface area contributed by atoms with Crippen molar-refractivity contribution in [3.63, 3.8) is 0 Å². The van der Waals surface area contributed by atoms with Gasteiger partial charge in [-0.2, -0.15) is 0 Å². The number of nitrogens with one attached hydrogen (secondary N) is 1. The Balaban J connectivity index is 1.93. The highest BCUT2D eigenvalue weighted by Gasteiger charge is 2.42. The number of carbonyl (C=O) groups is 1.